The molecule has 1 saturated heterocycles. The van der Waals surface area contributed by atoms with Crippen molar-refractivity contribution in [2.24, 2.45) is 24.3 Å². The van der Waals surface area contributed by atoms with Crippen LogP contribution in [0.2, 0.25) is 0 Å². The van der Waals surface area contributed by atoms with Gasteiger partial charge in [-0.25, -0.2) is 9.13 Å². The molecule has 1 unspecified atom stereocenters. The third-order valence-corrected chi connectivity index (χ3v) is 5.76. The van der Waals surface area contributed by atoms with E-state index in [1.807, 2.05) is 66.5 Å². The smallest absolute Gasteiger partial charge is 0.422 e. The molecule has 8 heteroatoms. The summed E-state index contributed by atoms with van der Waals surface area (Å²) in [5.41, 5.74) is 4.86. The number of nitrogens with zero attached hydrogens (tertiary/aromatic N) is 6. The molecule has 3 aromatic rings. The molecule has 1 aliphatic rings. The van der Waals surface area contributed by atoms with Gasteiger partial charge < -0.3 is 19.7 Å². The van der Waals surface area contributed by atoms with Gasteiger partial charge in [-0.15, -0.1) is 0 Å². The zero-order valence-corrected chi connectivity index (χ0v) is 17.7. The molecule has 4 rings (SSSR count). The van der Waals surface area contributed by atoms with Crippen molar-refractivity contribution in [2.45, 2.75) is 18.9 Å². The number of rotatable bonds is 5. The number of azo groups is 1. The molecule has 0 bridgehead atoms. The van der Waals surface area contributed by atoms with Crippen molar-refractivity contribution in [3.05, 3.63) is 42.5 Å². The summed E-state index contributed by atoms with van der Waals surface area (Å²) in [5.74, 6) is -0.279. The first-order valence-corrected chi connectivity index (χ1v) is 10.0. The number of aliphatic carboxylic acids is 1. The maximum absolute atomic E-state index is 11.3. The number of hydrogen-bond donors (Lipinski definition) is 0. The molecule has 1 aliphatic heterocycles. The van der Waals surface area contributed by atoms with Crippen LogP contribution >= 0.6 is 0 Å². The maximum Gasteiger partial charge on any atom is 0.422 e. The van der Waals surface area contributed by atoms with Crippen LogP contribution in [0.4, 0.5) is 23.0 Å². The van der Waals surface area contributed by atoms with Gasteiger partial charge in [-0.2, -0.15) is 0 Å². The fourth-order valence-corrected chi connectivity index (χ4v) is 4.05. The number of anilines is 2. The van der Waals surface area contributed by atoms with E-state index in [9.17, 15) is 9.90 Å². The van der Waals surface area contributed by atoms with Crippen LogP contribution in [0.1, 0.15) is 12.8 Å². The number of carbonyl (C=O) groups excluding carboxylic acids is 1. The number of carboxylic acids is 1. The first-order chi connectivity index (χ1) is 14.4. The van der Waals surface area contributed by atoms with E-state index in [1.54, 1.807) is 0 Å². The summed E-state index contributed by atoms with van der Waals surface area (Å²) in [4.78, 5) is 15.3. The highest BCUT2D eigenvalue weighted by atomic mass is 16.4. The van der Waals surface area contributed by atoms with Crippen molar-refractivity contribution >= 4 is 40.0 Å². The number of aryl methyl sites for hydroxylation is 2. The second-order valence-electron chi connectivity index (χ2n) is 7.87. The second kappa shape index (κ2) is 7.78. The topological polar surface area (TPSA) is 80.1 Å². The summed E-state index contributed by atoms with van der Waals surface area (Å²) in [6, 6.07) is 13.2. The van der Waals surface area contributed by atoms with E-state index in [0.717, 1.165) is 41.3 Å². The van der Waals surface area contributed by atoms with E-state index in [1.165, 1.54) is 0 Å². The Hall–Kier alpha value is -3.42. The Morgan fingerprint density at radius 3 is 2.57 bits per heavy atom. The van der Waals surface area contributed by atoms with Crippen LogP contribution in [0.5, 0.6) is 0 Å². The van der Waals surface area contributed by atoms with Crippen LogP contribution in [0.25, 0.3) is 11.0 Å². The third-order valence-electron chi connectivity index (χ3n) is 5.76. The number of carboxylic acid groups (broad SMARTS) is 1. The van der Waals surface area contributed by atoms with Gasteiger partial charge in [0.1, 0.15) is 16.7 Å². The summed E-state index contributed by atoms with van der Waals surface area (Å²) >= 11 is 0. The van der Waals surface area contributed by atoms with Gasteiger partial charge in [-0.05, 0) is 49.2 Å². The van der Waals surface area contributed by atoms with Crippen molar-refractivity contribution in [1.82, 2.24) is 4.57 Å². The Labute approximate surface area is 175 Å². The molecule has 0 radical (unpaired) electrons. The average Bonchev–Trinajstić information content (AvgIpc) is 3.31. The second-order valence-corrected chi connectivity index (χ2v) is 7.87. The molecule has 1 fully saturated rings. The van der Waals surface area contributed by atoms with Gasteiger partial charge in [0, 0.05) is 43.2 Å². The normalized spacial score (nSPS) is 16.7. The maximum atomic E-state index is 11.3. The molecule has 0 aliphatic carbocycles. The van der Waals surface area contributed by atoms with Crippen molar-refractivity contribution < 1.29 is 14.5 Å². The van der Waals surface area contributed by atoms with E-state index in [-0.39, 0.29) is 0 Å². The van der Waals surface area contributed by atoms with Crippen molar-refractivity contribution in [3.63, 3.8) is 0 Å². The highest BCUT2D eigenvalue weighted by Crippen LogP contribution is 2.28. The Morgan fingerprint density at radius 1 is 1.17 bits per heavy atom. The van der Waals surface area contributed by atoms with Crippen LogP contribution in [-0.2, 0) is 18.9 Å². The first kappa shape index (κ1) is 19.9. The van der Waals surface area contributed by atoms with Gasteiger partial charge in [0.15, 0.2) is 0 Å². The molecule has 8 nitrogen and oxygen atoms in total. The standard InChI is InChI=1S/C22H26N6O2/c1-25(2)17-11-12-18-20(14-17)27(4)22(26(18)3)24-23-15-7-9-16(10-8-15)28-13-5-6-19(28)21(29)30/h7-12,14,19H,5-6,13H2,1-4H3. The number of imidazole rings is 1. The van der Waals surface area contributed by atoms with Gasteiger partial charge in [-0.3, -0.25) is 0 Å². The molecule has 2 heterocycles. The highest BCUT2D eigenvalue weighted by Gasteiger charge is 2.25. The zero-order valence-electron chi connectivity index (χ0n) is 17.7. The number of aromatic nitrogens is 2. The molecule has 0 saturated carbocycles. The van der Waals surface area contributed by atoms with Crippen LogP contribution in [0, 0.1) is 0 Å². The summed E-state index contributed by atoms with van der Waals surface area (Å²) in [5, 5.41) is 20.2. The highest BCUT2D eigenvalue weighted by molar-refractivity contribution is 5.79. The van der Waals surface area contributed by atoms with Crippen LogP contribution in [0.15, 0.2) is 52.7 Å². The third kappa shape index (κ3) is 3.49. The van der Waals surface area contributed by atoms with Gasteiger partial charge in [-0.1, -0.05) is 5.11 Å². The quantitative estimate of drug-likeness (QED) is 0.481. The number of carbonyl (C=O) groups is 1. The summed E-state index contributed by atoms with van der Waals surface area (Å²) < 4.78 is 4.04. The van der Waals surface area contributed by atoms with Gasteiger partial charge in [0.05, 0.1) is 26.1 Å². The molecule has 0 amide bonds. The van der Waals surface area contributed by atoms with E-state index in [0.29, 0.717) is 12.1 Å². The minimum absolute atomic E-state index is 0.556. The fourth-order valence-electron chi connectivity index (χ4n) is 4.05. The fraction of sp³-hybridized carbons (Fsp3) is 0.364. The molecule has 30 heavy (non-hydrogen) atoms. The predicted molar refractivity (Wildman–Crippen MR) is 114 cm³/mol. The summed E-state index contributed by atoms with van der Waals surface area (Å²) in [6.45, 7) is 0.722. The van der Waals surface area contributed by atoms with Crippen LogP contribution in [-0.4, -0.2) is 37.2 Å². The van der Waals surface area contributed by atoms with E-state index in [2.05, 4.69) is 33.3 Å². The van der Waals surface area contributed by atoms with Gasteiger partial charge in [0.2, 0.25) is 0 Å². The Morgan fingerprint density at radius 2 is 1.90 bits per heavy atom. The van der Waals surface area contributed by atoms with E-state index < -0.39 is 12.0 Å². The molecule has 2 aromatic carbocycles. The predicted octanol–water partition coefficient (Wildman–Crippen LogP) is 2.20. The molecule has 1 aromatic heterocycles. The van der Waals surface area contributed by atoms with Crippen LogP contribution < -0.4 is 19.5 Å². The molecular formula is C22H26N6O2. The lowest BCUT2D eigenvalue weighted by Crippen LogP contribution is -2.44. The van der Waals surface area contributed by atoms with Gasteiger partial charge in [0.25, 0.3) is 0 Å². The Kier molecular flexibility index (Phi) is 5.15. The summed E-state index contributed by atoms with van der Waals surface area (Å²) in [7, 11) is 7.99. The first-order valence-electron chi connectivity index (χ1n) is 10.0. The monoisotopic (exact) mass is 406 g/mol. The molecular weight excluding hydrogens is 380 g/mol. The average molecular weight is 406 g/mol. The largest absolute Gasteiger partial charge is 0.548 e. The zero-order chi connectivity index (χ0) is 21.4. The summed E-state index contributed by atoms with van der Waals surface area (Å²) in [6.07, 6.45) is 1.48. The number of hydrogen-bond acceptors (Lipinski definition) is 6. The van der Waals surface area contributed by atoms with E-state index in [4.69, 9.17) is 0 Å². The molecule has 1 atom stereocenters. The van der Waals surface area contributed by atoms with Crippen LogP contribution in [0.3, 0.4) is 0 Å². The molecule has 156 valence electrons. The lowest BCUT2D eigenvalue weighted by atomic mass is 10.2. The SMILES string of the molecule is CN(C)c1ccc2c(c1)n(C)c(N=Nc1ccc(N3CCCC3C(=O)[O-])cc1)[n+]2C. The molecule has 0 spiro atoms. The Bertz CT molecular complexity index is 1120. The van der Waals surface area contributed by atoms with Crippen molar-refractivity contribution in [2.75, 3.05) is 30.4 Å². The Balaban J connectivity index is 1.59. The minimum Gasteiger partial charge on any atom is -0.548 e. The van der Waals surface area contributed by atoms with Gasteiger partial charge >= 0.3 is 5.95 Å². The lowest BCUT2D eigenvalue weighted by molar-refractivity contribution is -0.632. The van der Waals surface area contributed by atoms with Crippen molar-refractivity contribution in [1.29, 1.82) is 0 Å². The minimum atomic E-state index is -1.02. The number of benzene rings is 2. The van der Waals surface area contributed by atoms with Crippen molar-refractivity contribution in [3.8, 4) is 0 Å². The lowest BCUT2D eigenvalue weighted by Gasteiger charge is -2.27. The van der Waals surface area contributed by atoms with E-state index >= 15 is 0 Å². The molecule has 0 N–H and O–H groups in total. The number of fused-ring (bicyclic) bond motifs is 1.